The number of rotatable bonds is 3. The van der Waals surface area contributed by atoms with Crippen molar-refractivity contribution in [1.29, 1.82) is 0 Å². The minimum absolute atomic E-state index is 0.466. The molecule has 1 aliphatic rings. The van der Waals surface area contributed by atoms with Crippen molar-refractivity contribution in [1.82, 2.24) is 19.6 Å². The van der Waals surface area contributed by atoms with Crippen molar-refractivity contribution in [2.75, 3.05) is 33.2 Å². The van der Waals surface area contributed by atoms with Crippen LogP contribution >= 0.6 is 0 Å². The maximum Gasteiger partial charge on any atom is 0.0537 e. The summed E-state index contributed by atoms with van der Waals surface area (Å²) in [6.45, 7) is 7.09. The van der Waals surface area contributed by atoms with Gasteiger partial charge >= 0.3 is 0 Å². The van der Waals surface area contributed by atoms with Gasteiger partial charge < -0.3 is 10.6 Å². The van der Waals surface area contributed by atoms with Crippen molar-refractivity contribution in [3.63, 3.8) is 0 Å². The van der Waals surface area contributed by atoms with Crippen LogP contribution in [-0.4, -0.2) is 58.8 Å². The lowest BCUT2D eigenvalue weighted by molar-refractivity contribution is 0.0879. The molecule has 1 fully saturated rings. The molecule has 0 radical (unpaired) electrons. The first-order chi connectivity index (χ1) is 8.11. The van der Waals surface area contributed by atoms with E-state index in [0.29, 0.717) is 6.04 Å². The summed E-state index contributed by atoms with van der Waals surface area (Å²) in [6, 6.07) is 0.466. The third-order valence-electron chi connectivity index (χ3n) is 3.79. The molecule has 17 heavy (non-hydrogen) atoms. The second-order valence-corrected chi connectivity index (χ2v) is 5.00. The first-order valence-electron chi connectivity index (χ1n) is 6.22. The molecule has 1 saturated heterocycles. The first kappa shape index (κ1) is 12.5. The highest BCUT2D eigenvalue weighted by molar-refractivity contribution is 5.16. The van der Waals surface area contributed by atoms with Gasteiger partial charge in [-0.05, 0) is 14.0 Å². The van der Waals surface area contributed by atoms with Crippen LogP contribution in [0.15, 0.2) is 6.20 Å². The topological polar surface area (TPSA) is 50.3 Å². The summed E-state index contributed by atoms with van der Waals surface area (Å²) >= 11 is 0. The van der Waals surface area contributed by atoms with Gasteiger partial charge in [-0.25, -0.2) is 0 Å². The second-order valence-electron chi connectivity index (χ2n) is 5.00. The maximum atomic E-state index is 5.86. The Kier molecular flexibility index (Phi) is 3.81. The third kappa shape index (κ3) is 2.68. The molecule has 1 unspecified atom stereocenters. The molecule has 1 atom stereocenters. The molecule has 0 saturated carbocycles. The van der Waals surface area contributed by atoms with Gasteiger partial charge in [0.1, 0.15) is 0 Å². The Morgan fingerprint density at radius 2 is 2.18 bits per heavy atom. The Bertz CT molecular complexity index is 373. The summed E-state index contributed by atoms with van der Waals surface area (Å²) < 4.78 is 1.93. The van der Waals surface area contributed by atoms with E-state index < -0.39 is 0 Å². The van der Waals surface area contributed by atoms with Crippen molar-refractivity contribution in [2.24, 2.45) is 12.8 Å². The molecule has 2 N–H and O–H groups in total. The van der Waals surface area contributed by atoms with Gasteiger partial charge in [-0.1, -0.05) is 0 Å². The average molecular weight is 237 g/mol. The normalized spacial score (nSPS) is 23.2. The molecular weight excluding hydrogens is 214 g/mol. The molecule has 0 aliphatic carbocycles. The Labute approximate surface area is 103 Å². The lowest BCUT2D eigenvalue weighted by atomic mass is 10.1. The van der Waals surface area contributed by atoms with E-state index in [2.05, 4.69) is 28.9 Å². The van der Waals surface area contributed by atoms with Crippen LogP contribution in [0.5, 0.6) is 0 Å². The SMILES string of the molecule is Cc1c(CN2CCN(C)CC2CN)cnn1C. The van der Waals surface area contributed by atoms with Gasteiger partial charge in [0, 0.05) is 57.1 Å². The molecule has 5 nitrogen and oxygen atoms in total. The highest BCUT2D eigenvalue weighted by Crippen LogP contribution is 2.14. The first-order valence-corrected chi connectivity index (χ1v) is 6.22. The Hall–Kier alpha value is -0.910. The van der Waals surface area contributed by atoms with Gasteiger partial charge in [-0.3, -0.25) is 9.58 Å². The lowest BCUT2D eigenvalue weighted by Gasteiger charge is -2.39. The standard InChI is InChI=1S/C12H23N5/c1-10-11(7-14-16(10)3)8-17-5-4-15(2)9-12(17)6-13/h7,12H,4-6,8-9,13H2,1-3H3. The van der Waals surface area contributed by atoms with Crippen LogP contribution < -0.4 is 5.73 Å². The van der Waals surface area contributed by atoms with E-state index in [1.807, 2.05) is 17.9 Å². The summed E-state index contributed by atoms with van der Waals surface area (Å²) in [6.07, 6.45) is 1.97. The van der Waals surface area contributed by atoms with Gasteiger partial charge in [-0.15, -0.1) is 0 Å². The van der Waals surface area contributed by atoms with E-state index in [1.165, 1.54) is 11.3 Å². The van der Waals surface area contributed by atoms with Gasteiger partial charge in [-0.2, -0.15) is 5.10 Å². The van der Waals surface area contributed by atoms with Crippen molar-refractivity contribution < 1.29 is 0 Å². The summed E-state index contributed by atoms with van der Waals surface area (Å²) in [7, 11) is 4.15. The van der Waals surface area contributed by atoms with Crippen LogP contribution in [-0.2, 0) is 13.6 Å². The van der Waals surface area contributed by atoms with Crippen LogP contribution in [0.2, 0.25) is 0 Å². The minimum atomic E-state index is 0.466. The fourth-order valence-corrected chi connectivity index (χ4v) is 2.40. The van der Waals surface area contributed by atoms with Crippen LogP contribution in [0.1, 0.15) is 11.3 Å². The van der Waals surface area contributed by atoms with Gasteiger partial charge in [0.2, 0.25) is 0 Å². The molecule has 0 bridgehead atoms. The van der Waals surface area contributed by atoms with Gasteiger partial charge in [0.15, 0.2) is 0 Å². The minimum Gasteiger partial charge on any atom is -0.329 e. The van der Waals surface area contributed by atoms with E-state index in [-0.39, 0.29) is 0 Å². The second kappa shape index (κ2) is 5.16. The van der Waals surface area contributed by atoms with Gasteiger partial charge in [0.05, 0.1) is 6.20 Å². The zero-order chi connectivity index (χ0) is 12.4. The van der Waals surface area contributed by atoms with Crippen molar-refractivity contribution in [3.05, 3.63) is 17.5 Å². The quantitative estimate of drug-likeness (QED) is 0.791. The number of piperazine rings is 1. The number of nitrogens with zero attached hydrogens (tertiary/aromatic N) is 4. The molecule has 96 valence electrons. The predicted molar refractivity (Wildman–Crippen MR) is 68.7 cm³/mol. The number of nitrogens with two attached hydrogens (primary N) is 1. The highest BCUT2D eigenvalue weighted by atomic mass is 15.3. The summed E-state index contributed by atoms with van der Waals surface area (Å²) in [5.74, 6) is 0. The maximum absolute atomic E-state index is 5.86. The van der Waals surface area contributed by atoms with E-state index in [9.17, 15) is 0 Å². The monoisotopic (exact) mass is 237 g/mol. The van der Waals surface area contributed by atoms with Crippen LogP contribution in [0, 0.1) is 6.92 Å². The molecule has 5 heteroatoms. The van der Waals surface area contributed by atoms with Crippen molar-refractivity contribution >= 4 is 0 Å². The lowest BCUT2D eigenvalue weighted by Crippen LogP contribution is -2.54. The Morgan fingerprint density at radius 1 is 1.41 bits per heavy atom. The van der Waals surface area contributed by atoms with Crippen LogP contribution in [0.3, 0.4) is 0 Å². The van der Waals surface area contributed by atoms with Gasteiger partial charge in [0.25, 0.3) is 0 Å². The number of hydrogen-bond acceptors (Lipinski definition) is 4. The third-order valence-corrected chi connectivity index (χ3v) is 3.79. The molecule has 0 spiro atoms. The summed E-state index contributed by atoms with van der Waals surface area (Å²) in [4.78, 5) is 4.83. The number of hydrogen-bond donors (Lipinski definition) is 1. The fraction of sp³-hybridized carbons (Fsp3) is 0.750. The predicted octanol–water partition coefficient (Wildman–Crippen LogP) is -0.197. The molecule has 2 rings (SSSR count). The Balaban J connectivity index is 2.04. The molecule has 2 heterocycles. The smallest absolute Gasteiger partial charge is 0.0537 e. The zero-order valence-electron chi connectivity index (χ0n) is 11.1. The van der Waals surface area contributed by atoms with Crippen LogP contribution in [0.25, 0.3) is 0 Å². The molecule has 1 aliphatic heterocycles. The zero-order valence-corrected chi connectivity index (χ0v) is 11.1. The summed E-state index contributed by atoms with van der Waals surface area (Å²) in [5.41, 5.74) is 8.43. The fourth-order valence-electron chi connectivity index (χ4n) is 2.40. The number of likely N-dealkylation sites (N-methyl/N-ethyl adjacent to an activating group) is 1. The number of aryl methyl sites for hydroxylation is 1. The number of aromatic nitrogens is 2. The molecule has 0 amide bonds. The molecule has 0 aromatic carbocycles. The molecular formula is C12H23N5. The van der Waals surface area contributed by atoms with E-state index in [4.69, 9.17) is 5.73 Å². The largest absolute Gasteiger partial charge is 0.329 e. The molecule has 1 aromatic rings. The summed E-state index contributed by atoms with van der Waals surface area (Å²) in [5, 5.41) is 4.30. The molecule has 1 aromatic heterocycles. The van der Waals surface area contributed by atoms with Crippen molar-refractivity contribution in [3.8, 4) is 0 Å². The Morgan fingerprint density at radius 3 is 2.76 bits per heavy atom. The van der Waals surface area contributed by atoms with E-state index in [0.717, 1.165) is 32.7 Å². The van der Waals surface area contributed by atoms with Crippen LogP contribution in [0.4, 0.5) is 0 Å². The highest BCUT2D eigenvalue weighted by Gasteiger charge is 2.24. The van der Waals surface area contributed by atoms with Crippen molar-refractivity contribution in [2.45, 2.75) is 19.5 Å². The van der Waals surface area contributed by atoms with E-state index in [1.54, 1.807) is 0 Å². The average Bonchev–Trinajstić information content (AvgIpc) is 2.63. The van der Waals surface area contributed by atoms with E-state index >= 15 is 0 Å².